The fraction of sp³-hybridized carbons (Fsp3) is 0.429. The SMILES string of the molecule is CN1CC(CCC(=O)NCc2ccc(Cl)cc2)OC1=O. The third kappa shape index (κ3) is 4.13. The van der Waals surface area contributed by atoms with Gasteiger partial charge in [-0.15, -0.1) is 0 Å². The van der Waals surface area contributed by atoms with Crippen LogP contribution in [0.3, 0.4) is 0 Å². The summed E-state index contributed by atoms with van der Waals surface area (Å²) >= 11 is 5.79. The third-order valence-corrected chi connectivity index (χ3v) is 3.40. The highest BCUT2D eigenvalue weighted by Gasteiger charge is 2.28. The van der Waals surface area contributed by atoms with Gasteiger partial charge in [0.2, 0.25) is 5.91 Å². The Balaban J connectivity index is 1.68. The number of nitrogens with zero attached hydrogens (tertiary/aromatic N) is 1. The summed E-state index contributed by atoms with van der Waals surface area (Å²) in [6, 6.07) is 7.32. The Morgan fingerprint density at radius 1 is 1.45 bits per heavy atom. The number of rotatable bonds is 5. The van der Waals surface area contributed by atoms with Crippen molar-refractivity contribution in [1.29, 1.82) is 0 Å². The highest BCUT2D eigenvalue weighted by Crippen LogP contribution is 2.13. The summed E-state index contributed by atoms with van der Waals surface area (Å²) in [6.45, 7) is 1.02. The number of carbonyl (C=O) groups is 2. The molecule has 1 aromatic carbocycles. The van der Waals surface area contributed by atoms with Crippen LogP contribution in [-0.2, 0) is 16.1 Å². The van der Waals surface area contributed by atoms with Crippen LogP contribution in [0.5, 0.6) is 0 Å². The summed E-state index contributed by atoms with van der Waals surface area (Å²) in [6.07, 6.45) is 0.382. The van der Waals surface area contributed by atoms with Crippen molar-refractivity contribution in [2.75, 3.05) is 13.6 Å². The van der Waals surface area contributed by atoms with E-state index in [1.165, 1.54) is 4.90 Å². The van der Waals surface area contributed by atoms with Crippen LogP contribution in [-0.4, -0.2) is 36.6 Å². The predicted octanol–water partition coefficient (Wildman–Crippen LogP) is 2.19. The number of halogens is 1. The normalized spacial score (nSPS) is 18.0. The molecule has 108 valence electrons. The number of nitrogens with one attached hydrogen (secondary N) is 1. The van der Waals surface area contributed by atoms with Crippen LogP contribution < -0.4 is 5.32 Å². The van der Waals surface area contributed by atoms with Gasteiger partial charge < -0.3 is 15.0 Å². The Labute approximate surface area is 122 Å². The molecule has 0 spiro atoms. The van der Waals surface area contributed by atoms with E-state index < -0.39 is 0 Å². The van der Waals surface area contributed by atoms with Gasteiger partial charge in [-0.05, 0) is 24.1 Å². The average molecular weight is 297 g/mol. The van der Waals surface area contributed by atoms with Crippen LogP contribution in [0, 0.1) is 0 Å². The number of ether oxygens (including phenoxy) is 1. The van der Waals surface area contributed by atoms with Gasteiger partial charge in [-0.2, -0.15) is 0 Å². The number of likely N-dealkylation sites (N-methyl/N-ethyl adjacent to an activating group) is 1. The van der Waals surface area contributed by atoms with Gasteiger partial charge in [-0.1, -0.05) is 23.7 Å². The Bertz CT molecular complexity index is 490. The number of hydrogen-bond donors (Lipinski definition) is 1. The van der Waals surface area contributed by atoms with Crippen LogP contribution in [0.15, 0.2) is 24.3 Å². The molecular formula is C14H17ClN2O3. The summed E-state index contributed by atoms with van der Waals surface area (Å²) < 4.78 is 5.09. The largest absolute Gasteiger partial charge is 0.444 e. The molecule has 1 aromatic rings. The van der Waals surface area contributed by atoms with Crippen molar-refractivity contribution in [1.82, 2.24) is 10.2 Å². The van der Waals surface area contributed by atoms with Gasteiger partial charge in [0.1, 0.15) is 6.10 Å². The number of amides is 2. The second-order valence-corrected chi connectivity index (χ2v) is 5.26. The number of benzene rings is 1. The molecule has 20 heavy (non-hydrogen) atoms. The van der Waals surface area contributed by atoms with Crippen molar-refractivity contribution >= 4 is 23.6 Å². The minimum absolute atomic E-state index is 0.0504. The zero-order valence-corrected chi connectivity index (χ0v) is 12.0. The van der Waals surface area contributed by atoms with Crippen LogP contribution in [0.2, 0.25) is 5.02 Å². The lowest BCUT2D eigenvalue weighted by Crippen LogP contribution is -2.25. The van der Waals surface area contributed by atoms with Crippen molar-refractivity contribution < 1.29 is 14.3 Å². The summed E-state index contributed by atoms with van der Waals surface area (Å²) in [5.41, 5.74) is 0.995. The molecule has 1 unspecified atom stereocenters. The number of carbonyl (C=O) groups excluding carboxylic acids is 2. The predicted molar refractivity (Wildman–Crippen MR) is 75.4 cm³/mol. The fourth-order valence-corrected chi connectivity index (χ4v) is 2.11. The highest BCUT2D eigenvalue weighted by atomic mass is 35.5. The van der Waals surface area contributed by atoms with Crippen LogP contribution >= 0.6 is 11.6 Å². The molecule has 5 nitrogen and oxygen atoms in total. The van der Waals surface area contributed by atoms with Crippen molar-refractivity contribution in [2.24, 2.45) is 0 Å². The molecule has 0 saturated carbocycles. The van der Waals surface area contributed by atoms with E-state index in [4.69, 9.17) is 16.3 Å². The van der Waals surface area contributed by atoms with Crippen LogP contribution in [0.25, 0.3) is 0 Å². The van der Waals surface area contributed by atoms with Gasteiger partial charge in [0.25, 0.3) is 0 Å². The molecule has 0 bridgehead atoms. The summed E-state index contributed by atoms with van der Waals surface area (Å²) in [5, 5.41) is 3.50. The molecule has 0 aliphatic carbocycles. The Morgan fingerprint density at radius 3 is 2.75 bits per heavy atom. The minimum atomic E-state index is -0.323. The number of hydrogen-bond acceptors (Lipinski definition) is 3. The quantitative estimate of drug-likeness (QED) is 0.906. The van der Waals surface area contributed by atoms with E-state index in [0.717, 1.165) is 5.56 Å². The van der Waals surface area contributed by atoms with Crippen molar-refractivity contribution in [3.8, 4) is 0 Å². The first kappa shape index (κ1) is 14.7. The van der Waals surface area contributed by atoms with E-state index in [2.05, 4.69) is 5.32 Å². The van der Waals surface area contributed by atoms with Gasteiger partial charge >= 0.3 is 6.09 Å². The minimum Gasteiger partial charge on any atom is -0.444 e. The molecule has 1 fully saturated rings. The van der Waals surface area contributed by atoms with Crippen molar-refractivity contribution in [2.45, 2.75) is 25.5 Å². The molecule has 2 amide bonds. The van der Waals surface area contributed by atoms with E-state index in [0.29, 0.717) is 31.0 Å². The van der Waals surface area contributed by atoms with Gasteiger partial charge in [0.15, 0.2) is 0 Å². The molecule has 1 saturated heterocycles. The summed E-state index contributed by atoms with van der Waals surface area (Å²) in [7, 11) is 1.68. The number of cyclic esters (lactones) is 1. The van der Waals surface area contributed by atoms with Crippen LogP contribution in [0.1, 0.15) is 18.4 Å². The zero-order chi connectivity index (χ0) is 14.5. The smallest absolute Gasteiger partial charge is 0.409 e. The van der Waals surface area contributed by atoms with Gasteiger partial charge in [-0.25, -0.2) is 4.79 Å². The van der Waals surface area contributed by atoms with E-state index >= 15 is 0 Å². The molecule has 1 aliphatic heterocycles. The second-order valence-electron chi connectivity index (χ2n) is 4.83. The van der Waals surface area contributed by atoms with E-state index in [1.807, 2.05) is 12.1 Å². The summed E-state index contributed by atoms with van der Waals surface area (Å²) in [4.78, 5) is 24.4. The van der Waals surface area contributed by atoms with Gasteiger partial charge in [0, 0.05) is 25.0 Å². The molecule has 0 aromatic heterocycles. The molecular weight excluding hydrogens is 280 g/mol. The van der Waals surface area contributed by atoms with E-state index in [9.17, 15) is 9.59 Å². The Kier molecular flexibility index (Phi) is 4.84. The topological polar surface area (TPSA) is 58.6 Å². The van der Waals surface area contributed by atoms with Gasteiger partial charge in [0.05, 0.1) is 6.54 Å². The first-order valence-corrected chi connectivity index (χ1v) is 6.85. The van der Waals surface area contributed by atoms with Gasteiger partial charge in [-0.3, -0.25) is 4.79 Å². The van der Waals surface area contributed by atoms with E-state index in [-0.39, 0.29) is 18.1 Å². The Hall–Kier alpha value is -1.75. The maximum Gasteiger partial charge on any atom is 0.409 e. The monoisotopic (exact) mass is 296 g/mol. The standard InChI is InChI=1S/C14H17ClN2O3/c1-17-9-12(20-14(17)19)6-7-13(18)16-8-10-2-4-11(15)5-3-10/h2-5,12H,6-9H2,1H3,(H,16,18). The molecule has 1 atom stereocenters. The maximum atomic E-state index is 11.7. The lowest BCUT2D eigenvalue weighted by Gasteiger charge is -2.08. The second kappa shape index (κ2) is 6.61. The molecule has 1 aliphatic rings. The first-order chi connectivity index (χ1) is 9.54. The average Bonchev–Trinajstić information content (AvgIpc) is 2.75. The van der Waals surface area contributed by atoms with Crippen LogP contribution in [0.4, 0.5) is 4.79 Å². The highest BCUT2D eigenvalue weighted by molar-refractivity contribution is 6.30. The molecule has 2 rings (SSSR count). The van der Waals surface area contributed by atoms with Crippen molar-refractivity contribution in [3.05, 3.63) is 34.9 Å². The molecule has 1 N–H and O–H groups in total. The molecule has 6 heteroatoms. The maximum absolute atomic E-state index is 11.7. The van der Waals surface area contributed by atoms with E-state index in [1.54, 1.807) is 19.2 Å². The van der Waals surface area contributed by atoms with Crippen molar-refractivity contribution in [3.63, 3.8) is 0 Å². The lowest BCUT2D eigenvalue weighted by molar-refractivity contribution is -0.121. The fourth-order valence-electron chi connectivity index (χ4n) is 1.98. The Morgan fingerprint density at radius 2 is 2.15 bits per heavy atom. The molecule has 0 radical (unpaired) electrons. The third-order valence-electron chi connectivity index (χ3n) is 3.15. The zero-order valence-electron chi connectivity index (χ0n) is 11.3. The molecule has 1 heterocycles. The first-order valence-electron chi connectivity index (χ1n) is 6.47. The summed E-state index contributed by atoms with van der Waals surface area (Å²) in [5.74, 6) is -0.0504. The lowest BCUT2D eigenvalue weighted by atomic mass is 10.2.